The molecule has 0 atom stereocenters. The van der Waals surface area contributed by atoms with Gasteiger partial charge >= 0.3 is 0 Å². The summed E-state index contributed by atoms with van der Waals surface area (Å²) in [5.74, 6) is -0.0208. The van der Waals surface area contributed by atoms with E-state index in [9.17, 15) is 9.59 Å². The molecule has 0 saturated carbocycles. The lowest BCUT2D eigenvalue weighted by atomic mass is 10.1. The minimum Gasteiger partial charge on any atom is -0.337 e. The van der Waals surface area contributed by atoms with Crippen LogP contribution in [0.2, 0.25) is 0 Å². The first-order valence-electron chi connectivity index (χ1n) is 9.74. The number of hydrogen-bond acceptors (Lipinski definition) is 3. The van der Waals surface area contributed by atoms with E-state index in [2.05, 4.69) is 26.1 Å². The number of anilines is 1. The van der Waals surface area contributed by atoms with Crippen LogP contribution in [0, 0.1) is 13.8 Å². The second kappa shape index (κ2) is 9.85. The molecule has 1 fully saturated rings. The van der Waals surface area contributed by atoms with Crippen LogP contribution in [0.25, 0.3) is 6.08 Å². The minimum atomic E-state index is -0.0210. The molecule has 1 aliphatic heterocycles. The molecular formula is C23H26BrN3O2. The Morgan fingerprint density at radius 2 is 1.76 bits per heavy atom. The summed E-state index contributed by atoms with van der Waals surface area (Å²) in [6.07, 6.45) is 3.44. The first kappa shape index (κ1) is 21.3. The Hall–Kier alpha value is -2.44. The van der Waals surface area contributed by atoms with Crippen LogP contribution in [-0.4, -0.2) is 54.3 Å². The maximum Gasteiger partial charge on any atom is 0.246 e. The van der Waals surface area contributed by atoms with Crippen LogP contribution < -0.4 is 5.32 Å². The van der Waals surface area contributed by atoms with Crippen molar-refractivity contribution in [2.24, 2.45) is 0 Å². The largest absolute Gasteiger partial charge is 0.337 e. The lowest BCUT2D eigenvalue weighted by Crippen LogP contribution is -2.50. The summed E-state index contributed by atoms with van der Waals surface area (Å²) in [4.78, 5) is 28.8. The second-order valence-electron chi connectivity index (χ2n) is 7.25. The van der Waals surface area contributed by atoms with Gasteiger partial charge in [0, 0.05) is 42.4 Å². The van der Waals surface area contributed by atoms with Crippen molar-refractivity contribution in [3.63, 3.8) is 0 Å². The summed E-state index contributed by atoms with van der Waals surface area (Å²) < 4.78 is 0.962. The van der Waals surface area contributed by atoms with Gasteiger partial charge in [0.1, 0.15) is 0 Å². The van der Waals surface area contributed by atoms with Gasteiger partial charge in [-0.2, -0.15) is 0 Å². The SMILES string of the molecule is Cc1cccc(NC(=O)CN2CCN(C(=O)/C=C/c3ccccc3Br)CC2)c1C. The fourth-order valence-corrected chi connectivity index (χ4v) is 3.70. The van der Waals surface area contributed by atoms with E-state index in [4.69, 9.17) is 0 Å². The van der Waals surface area contributed by atoms with Gasteiger partial charge in [0.25, 0.3) is 0 Å². The van der Waals surface area contributed by atoms with Gasteiger partial charge in [-0.1, -0.05) is 46.3 Å². The monoisotopic (exact) mass is 455 g/mol. The van der Waals surface area contributed by atoms with Crippen molar-refractivity contribution in [1.29, 1.82) is 0 Å². The fraction of sp³-hybridized carbons (Fsp3) is 0.304. The van der Waals surface area contributed by atoms with E-state index in [-0.39, 0.29) is 11.8 Å². The number of carbonyl (C=O) groups excluding carboxylic acids is 2. The number of rotatable bonds is 5. The molecule has 5 nitrogen and oxygen atoms in total. The highest BCUT2D eigenvalue weighted by Crippen LogP contribution is 2.18. The number of benzene rings is 2. The molecule has 0 aliphatic carbocycles. The first-order chi connectivity index (χ1) is 13.9. The molecule has 3 rings (SSSR count). The van der Waals surface area contributed by atoms with E-state index in [1.165, 1.54) is 0 Å². The molecule has 6 heteroatoms. The van der Waals surface area contributed by atoms with E-state index in [0.717, 1.165) is 26.9 Å². The second-order valence-corrected chi connectivity index (χ2v) is 8.11. The zero-order valence-electron chi connectivity index (χ0n) is 16.8. The predicted molar refractivity (Wildman–Crippen MR) is 121 cm³/mol. The van der Waals surface area contributed by atoms with Crippen molar-refractivity contribution in [1.82, 2.24) is 9.80 Å². The van der Waals surface area contributed by atoms with Crippen LogP contribution in [0.1, 0.15) is 16.7 Å². The van der Waals surface area contributed by atoms with E-state index >= 15 is 0 Å². The Morgan fingerprint density at radius 1 is 1.03 bits per heavy atom. The van der Waals surface area contributed by atoms with Crippen LogP contribution in [-0.2, 0) is 9.59 Å². The highest BCUT2D eigenvalue weighted by molar-refractivity contribution is 9.10. The van der Waals surface area contributed by atoms with Crippen molar-refractivity contribution in [2.75, 3.05) is 38.0 Å². The molecule has 1 saturated heterocycles. The minimum absolute atomic E-state index is 0.000222. The van der Waals surface area contributed by atoms with Crippen LogP contribution in [0.4, 0.5) is 5.69 Å². The molecule has 2 aromatic carbocycles. The quantitative estimate of drug-likeness (QED) is 0.696. The number of nitrogens with zero attached hydrogens (tertiary/aromatic N) is 2. The summed E-state index contributed by atoms with van der Waals surface area (Å²) in [6, 6.07) is 13.7. The maximum atomic E-state index is 12.4. The molecule has 0 unspecified atom stereocenters. The number of hydrogen-bond donors (Lipinski definition) is 1. The van der Waals surface area contributed by atoms with Gasteiger partial charge in [-0.3, -0.25) is 14.5 Å². The zero-order chi connectivity index (χ0) is 20.8. The van der Waals surface area contributed by atoms with E-state index in [1.54, 1.807) is 6.08 Å². The van der Waals surface area contributed by atoms with Gasteiger partial charge in [-0.25, -0.2) is 0 Å². The number of piperazine rings is 1. The molecule has 29 heavy (non-hydrogen) atoms. The van der Waals surface area contributed by atoms with Crippen molar-refractivity contribution in [2.45, 2.75) is 13.8 Å². The summed E-state index contributed by atoms with van der Waals surface area (Å²) in [6.45, 7) is 7.00. The Kier molecular flexibility index (Phi) is 7.23. The number of amides is 2. The van der Waals surface area contributed by atoms with Crippen molar-refractivity contribution in [3.05, 3.63) is 69.7 Å². The van der Waals surface area contributed by atoms with E-state index < -0.39 is 0 Å². The fourth-order valence-electron chi connectivity index (χ4n) is 3.28. The first-order valence-corrected chi connectivity index (χ1v) is 10.5. The Bertz CT molecular complexity index is 918. The molecule has 0 spiro atoms. The van der Waals surface area contributed by atoms with Gasteiger partial charge in [0.2, 0.25) is 11.8 Å². The van der Waals surface area contributed by atoms with Crippen molar-refractivity contribution < 1.29 is 9.59 Å². The van der Waals surface area contributed by atoms with E-state index in [1.807, 2.05) is 67.3 Å². The molecule has 0 aromatic heterocycles. The lowest BCUT2D eigenvalue weighted by molar-refractivity contribution is -0.127. The van der Waals surface area contributed by atoms with Gasteiger partial charge in [0.05, 0.1) is 6.54 Å². The molecule has 1 aliphatic rings. The highest BCUT2D eigenvalue weighted by Gasteiger charge is 2.21. The predicted octanol–water partition coefficient (Wildman–Crippen LogP) is 3.86. The average Bonchev–Trinajstić information content (AvgIpc) is 2.71. The van der Waals surface area contributed by atoms with Crippen LogP contribution in [0.15, 0.2) is 53.0 Å². The maximum absolute atomic E-state index is 12.4. The smallest absolute Gasteiger partial charge is 0.246 e. The summed E-state index contributed by atoms with van der Waals surface area (Å²) in [5, 5.41) is 3.00. The van der Waals surface area contributed by atoms with Crippen molar-refractivity contribution >= 4 is 39.5 Å². The molecule has 0 bridgehead atoms. The topological polar surface area (TPSA) is 52.7 Å². The molecule has 2 aromatic rings. The molecule has 0 radical (unpaired) electrons. The third-order valence-corrected chi connectivity index (χ3v) is 5.96. The summed E-state index contributed by atoms with van der Waals surface area (Å²) in [7, 11) is 0. The lowest BCUT2D eigenvalue weighted by Gasteiger charge is -2.33. The van der Waals surface area contributed by atoms with Gasteiger partial charge in [0.15, 0.2) is 0 Å². The molecule has 1 N–H and O–H groups in total. The van der Waals surface area contributed by atoms with Gasteiger partial charge in [-0.05, 0) is 48.7 Å². The van der Waals surface area contributed by atoms with Crippen LogP contribution in [0.3, 0.4) is 0 Å². The van der Waals surface area contributed by atoms with Crippen molar-refractivity contribution in [3.8, 4) is 0 Å². The van der Waals surface area contributed by atoms with Gasteiger partial charge < -0.3 is 10.2 Å². The Labute approximate surface area is 180 Å². The Balaban J connectivity index is 1.47. The van der Waals surface area contributed by atoms with E-state index in [0.29, 0.717) is 32.7 Å². The third kappa shape index (κ3) is 5.78. The third-order valence-electron chi connectivity index (χ3n) is 5.24. The average molecular weight is 456 g/mol. The van der Waals surface area contributed by atoms with Crippen LogP contribution >= 0.6 is 15.9 Å². The molecule has 2 amide bonds. The normalized spacial score (nSPS) is 14.9. The number of carbonyl (C=O) groups is 2. The Morgan fingerprint density at radius 3 is 2.48 bits per heavy atom. The number of halogens is 1. The van der Waals surface area contributed by atoms with Crippen LogP contribution in [0.5, 0.6) is 0 Å². The summed E-state index contributed by atoms with van der Waals surface area (Å²) in [5.41, 5.74) is 4.09. The number of nitrogens with one attached hydrogen (secondary N) is 1. The van der Waals surface area contributed by atoms with Gasteiger partial charge in [-0.15, -0.1) is 0 Å². The molecule has 152 valence electrons. The summed E-state index contributed by atoms with van der Waals surface area (Å²) >= 11 is 3.48. The standard InChI is InChI=1S/C23H26BrN3O2/c1-17-6-5-9-21(18(17)2)25-22(28)16-26-12-14-27(15-13-26)23(29)11-10-19-7-3-4-8-20(19)24/h3-11H,12-16H2,1-2H3,(H,25,28)/b11-10+. The zero-order valence-corrected chi connectivity index (χ0v) is 18.4. The molecule has 1 heterocycles. The highest BCUT2D eigenvalue weighted by atomic mass is 79.9. The number of aryl methyl sites for hydroxylation is 1. The molecular weight excluding hydrogens is 430 g/mol.